The number of hydrogen-bond donors (Lipinski definition) is 2. The van der Waals surface area contributed by atoms with Gasteiger partial charge in [-0.05, 0) is 6.07 Å². The predicted molar refractivity (Wildman–Crippen MR) is 112 cm³/mol. The Morgan fingerprint density at radius 3 is 2.52 bits per heavy atom. The number of carbonyl (C=O) groups is 1. The van der Waals surface area contributed by atoms with E-state index < -0.39 is 0 Å². The Hall–Kier alpha value is -3.45. The van der Waals surface area contributed by atoms with Gasteiger partial charge in [-0.1, -0.05) is 48.5 Å². The summed E-state index contributed by atoms with van der Waals surface area (Å²) in [5.41, 5.74) is 2.11. The van der Waals surface area contributed by atoms with Crippen LogP contribution >= 0.6 is 0 Å². The molecule has 0 aliphatic carbocycles. The molecule has 0 unspecified atom stereocenters. The van der Waals surface area contributed by atoms with Gasteiger partial charge in [0, 0.05) is 37.4 Å². The number of nitrogens with zero attached hydrogens (tertiary/aromatic N) is 2. The number of anilines is 1. The van der Waals surface area contributed by atoms with E-state index >= 15 is 0 Å². The number of aromatic nitrogens is 2. The van der Waals surface area contributed by atoms with Crippen LogP contribution in [0.1, 0.15) is 16.1 Å². The molecule has 2 aromatic carbocycles. The van der Waals surface area contributed by atoms with Crippen molar-refractivity contribution in [2.45, 2.75) is 6.54 Å². The molecule has 0 aliphatic rings. The van der Waals surface area contributed by atoms with Gasteiger partial charge in [-0.15, -0.1) is 0 Å². The van der Waals surface area contributed by atoms with Gasteiger partial charge in [-0.2, -0.15) is 0 Å². The second-order valence-corrected chi connectivity index (χ2v) is 6.24. The maximum Gasteiger partial charge on any atom is 0.270 e. The molecule has 0 saturated heterocycles. The van der Waals surface area contributed by atoms with Gasteiger partial charge in [-0.25, -0.2) is 9.97 Å². The highest BCUT2D eigenvalue weighted by molar-refractivity contribution is 5.93. The summed E-state index contributed by atoms with van der Waals surface area (Å²) in [5.74, 6) is 1.55. The largest absolute Gasteiger partial charge is 0.496 e. The molecule has 0 aliphatic heterocycles. The number of hydrogen-bond acceptors (Lipinski definition) is 6. The van der Waals surface area contributed by atoms with Crippen molar-refractivity contribution in [3.63, 3.8) is 0 Å². The summed E-state index contributed by atoms with van der Waals surface area (Å²) in [6.07, 6.45) is 0. The maximum absolute atomic E-state index is 12.5. The monoisotopic (exact) mass is 392 g/mol. The maximum atomic E-state index is 12.5. The van der Waals surface area contributed by atoms with Crippen LogP contribution in [-0.2, 0) is 11.3 Å². The van der Waals surface area contributed by atoms with Crippen LogP contribution in [0, 0.1) is 0 Å². The number of ether oxygens (including phenoxy) is 2. The van der Waals surface area contributed by atoms with E-state index in [2.05, 4.69) is 20.6 Å². The molecule has 150 valence electrons. The molecule has 2 N–H and O–H groups in total. The van der Waals surface area contributed by atoms with E-state index in [9.17, 15) is 4.79 Å². The van der Waals surface area contributed by atoms with Crippen LogP contribution in [0.15, 0.2) is 60.7 Å². The minimum absolute atomic E-state index is 0.276. The Balaban J connectivity index is 1.86. The molecule has 7 heteroatoms. The minimum atomic E-state index is -0.276. The van der Waals surface area contributed by atoms with Crippen molar-refractivity contribution >= 4 is 11.7 Å². The van der Waals surface area contributed by atoms with Crippen molar-refractivity contribution < 1.29 is 14.3 Å². The van der Waals surface area contributed by atoms with Crippen LogP contribution in [0.2, 0.25) is 0 Å². The Morgan fingerprint density at radius 2 is 1.76 bits per heavy atom. The second-order valence-electron chi connectivity index (χ2n) is 6.24. The van der Waals surface area contributed by atoms with Gasteiger partial charge in [0.25, 0.3) is 5.91 Å². The normalized spacial score (nSPS) is 10.4. The predicted octanol–water partition coefficient (Wildman–Crippen LogP) is 3.14. The quantitative estimate of drug-likeness (QED) is 0.544. The summed E-state index contributed by atoms with van der Waals surface area (Å²) < 4.78 is 10.4. The topological polar surface area (TPSA) is 85.4 Å². The van der Waals surface area contributed by atoms with Crippen LogP contribution in [0.3, 0.4) is 0 Å². The average Bonchev–Trinajstić information content (AvgIpc) is 2.78. The summed E-state index contributed by atoms with van der Waals surface area (Å²) in [6.45, 7) is 1.34. The van der Waals surface area contributed by atoms with Crippen LogP contribution in [-0.4, -0.2) is 43.2 Å². The molecule has 0 bridgehead atoms. The van der Waals surface area contributed by atoms with Crippen LogP contribution < -0.4 is 15.4 Å². The molecule has 1 heterocycles. The van der Waals surface area contributed by atoms with Gasteiger partial charge < -0.3 is 20.1 Å². The standard InChI is InChI=1S/C22H24N4O3/c1-28-13-12-23-22(27)18-14-20(24-15-17-10-6-7-11-19(17)29-2)26-21(25-18)16-8-4-3-5-9-16/h3-11,14H,12-13,15H2,1-2H3,(H,23,27)(H,24,25,26). The fraction of sp³-hybridized carbons (Fsp3) is 0.227. The lowest BCUT2D eigenvalue weighted by atomic mass is 10.2. The molecule has 3 rings (SSSR count). The Labute approximate surface area is 170 Å². The van der Waals surface area contributed by atoms with E-state index in [4.69, 9.17) is 9.47 Å². The molecule has 7 nitrogen and oxygen atoms in total. The highest BCUT2D eigenvalue weighted by Crippen LogP contribution is 2.21. The number of methoxy groups -OCH3 is 2. The molecule has 0 spiro atoms. The molecule has 1 aromatic heterocycles. The van der Waals surface area contributed by atoms with Crippen LogP contribution in [0.5, 0.6) is 5.75 Å². The van der Waals surface area contributed by atoms with E-state index in [1.807, 2.05) is 54.6 Å². The lowest BCUT2D eigenvalue weighted by Gasteiger charge is -2.12. The zero-order chi connectivity index (χ0) is 20.5. The third-order valence-corrected chi connectivity index (χ3v) is 4.23. The zero-order valence-electron chi connectivity index (χ0n) is 16.5. The summed E-state index contributed by atoms with van der Waals surface area (Å²) >= 11 is 0. The number of nitrogens with one attached hydrogen (secondary N) is 2. The van der Waals surface area contributed by atoms with E-state index in [0.717, 1.165) is 16.9 Å². The van der Waals surface area contributed by atoms with Crippen molar-refractivity contribution in [2.24, 2.45) is 0 Å². The number of carbonyl (C=O) groups excluding carboxylic acids is 1. The van der Waals surface area contributed by atoms with E-state index in [-0.39, 0.29) is 11.6 Å². The van der Waals surface area contributed by atoms with Gasteiger partial charge in [0.1, 0.15) is 17.3 Å². The minimum Gasteiger partial charge on any atom is -0.496 e. The van der Waals surface area contributed by atoms with E-state index in [1.165, 1.54) is 0 Å². The third-order valence-electron chi connectivity index (χ3n) is 4.23. The van der Waals surface area contributed by atoms with Crippen molar-refractivity contribution in [1.29, 1.82) is 0 Å². The van der Waals surface area contributed by atoms with Gasteiger partial charge in [0.05, 0.1) is 13.7 Å². The molecular weight excluding hydrogens is 368 g/mol. The van der Waals surface area contributed by atoms with Gasteiger partial charge in [-0.3, -0.25) is 4.79 Å². The van der Waals surface area contributed by atoms with Gasteiger partial charge >= 0.3 is 0 Å². The number of amides is 1. The highest BCUT2D eigenvalue weighted by Gasteiger charge is 2.13. The molecule has 29 heavy (non-hydrogen) atoms. The SMILES string of the molecule is COCCNC(=O)c1cc(NCc2ccccc2OC)nc(-c2ccccc2)n1. The summed E-state index contributed by atoms with van der Waals surface area (Å²) in [6, 6.07) is 18.9. The van der Waals surface area contributed by atoms with Crippen molar-refractivity contribution in [3.05, 3.63) is 71.9 Å². The first kappa shape index (κ1) is 20.3. The second kappa shape index (κ2) is 10.2. The highest BCUT2D eigenvalue weighted by atomic mass is 16.5. The number of rotatable bonds is 9. The lowest BCUT2D eigenvalue weighted by molar-refractivity contribution is 0.0932. The van der Waals surface area contributed by atoms with E-state index in [0.29, 0.717) is 31.3 Å². The fourth-order valence-corrected chi connectivity index (χ4v) is 2.76. The molecule has 0 fully saturated rings. The summed E-state index contributed by atoms with van der Waals surface area (Å²) in [5, 5.41) is 6.07. The molecule has 3 aromatic rings. The zero-order valence-corrected chi connectivity index (χ0v) is 16.5. The Morgan fingerprint density at radius 1 is 1.00 bits per heavy atom. The molecular formula is C22H24N4O3. The number of benzene rings is 2. The first-order valence-corrected chi connectivity index (χ1v) is 9.28. The summed E-state index contributed by atoms with van der Waals surface area (Å²) in [7, 11) is 3.23. The van der Waals surface area contributed by atoms with Gasteiger partial charge in [0.2, 0.25) is 0 Å². The molecule has 0 saturated carbocycles. The smallest absolute Gasteiger partial charge is 0.270 e. The van der Waals surface area contributed by atoms with Crippen molar-refractivity contribution in [1.82, 2.24) is 15.3 Å². The van der Waals surface area contributed by atoms with E-state index in [1.54, 1.807) is 20.3 Å². The van der Waals surface area contributed by atoms with Crippen LogP contribution in [0.4, 0.5) is 5.82 Å². The molecule has 0 radical (unpaired) electrons. The number of para-hydroxylation sites is 1. The summed E-state index contributed by atoms with van der Waals surface area (Å²) in [4.78, 5) is 21.6. The Kier molecular flexibility index (Phi) is 7.13. The first-order chi connectivity index (χ1) is 14.2. The fourth-order valence-electron chi connectivity index (χ4n) is 2.76. The van der Waals surface area contributed by atoms with Crippen LogP contribution in [0.25, 0.3) is 11.4 Å². The first-order valence-electron chi connectivity index (χ1n) is 9.28. The third kappa shape index (κ3) is 5.52. The lowest BCUT2D eigenvalue weighted by Crippen LogP contribution is -2.28. The molecule has 1 amide bonds. The van der Waals surface area contributed by atoms with Crippen molar-refractivity contribution in [2.75, 3.05) is 32.7 Å². The van der Waals surface area contributed by atoms with Crippen molar-refractivity contribution in [3.8, 4) is 17.1 Å². The van der Waals surface area contributed by atoms with Gasteiger partial charge in [0.15, 0.2) is 5.82 Å². The average molecular weight is 392 g/mol. The molecule has 0 atom stereocenters. The Bertz CT molecular complexity index is 948.